The molecule has 0 spiro atoms. The van der Waals surface area contributed by atoms with E-state index < -0.39 is 0 Å². The molecule has 1 aliphatic carbocycles. The molecule has 3 aliphatic rings. The first-order chi connectivity index (χ1) is 14.1. The molecular formula is C22H24FN3O3. The maximum absolute atomic E-state index is 13.4. The molecule has 2 aromatic rings. The van der Waals surface area contributed by atoms with Gasteiger partial charge >= 0.3 is 0 Å². The summed E-state index contributed by atoms with van der Waals surface area (Å²) in [6.45, 7) is 3.30. The first kappa shape index (κ1) is 18.5. The molecule has 2 amide bonds. The van der Waals surface area contributed by atoms with E-state index in [1.54, 1.807) is 6.07 Å². The van der Waals surface area contributed by atoms with Gasteiger partial charge in [-0.15, -0.1) is 0 Å². The largest absolute Gasteiger partial charge is 0.356 e. The second kappa shape index (κ2) is 7.06. The normalized spacial score (nSPS) is 26.3. The number of benzene rings is 1. The number of carbonyl (C=O) groups excluding carboxylic acids is 2. The van der Waals surface area contributed by atoms with Crippen molar-refractivity contribution < 1.29 is 18.5 Å². The number of amides is 2. The van der Waals surface area contributed by atoms with Gasteiger partial charge in [0.15, 0.2) is 5.58 Å². The molecule has 2 aliphatic heterocycles. The van der Waals surface area contributed by atoms with Crippen LogP contribution in [-0.4, -0.2) is 40.1 Å². The van der Waals surface area contributed by atoms with Gasteiger partial charge in [0.05, 0.1) is 11.6 Å². The Morgan fingerprint density at radius 1 is 1.21 bits per heavy atom. The minimum atomic E-state index is -0.345. The van der Waals surface area contributed by atoms with E-state index in [0.29, 0.717) is 24.2 Å². The van der Waals surface area contributed by atoms with E-state index in [1.165, 1.54) is 17.1 Å². The number of imide groups is 1. The van der Waals surface area contributed by atoms with Crippen molar-refractivity contribution in [3.8, 4) is 0 Å². The van der Waals surface area contributed by atoms with Crippen LogP contribution >= 0.6 is 0 Å². The monoisotopic (exact) mass is 397 g/mol. The van der Waals surface area contributed by atoms with Crippen molar-refractivity contribution >= 4 is 22.8 Å². The second-order valence-electron chi connectivity index (χ2n) is 8.27. The van der Waals surface area contributed by atoms with E-state index in [9.17, 15) is 14.0 Å². The van der Waals surface area contributed by atoms with Gasteiger partial charge < -0.3 is 4.52 Å². The third kappa shape index (κ3) is 2.90. The van der Waals surface area contributed by atoms with Crippen molar-refractivity contribution in [2.45, 2.75) is 44.9 Å². The first-order valence-corrected chi connectivity index (χ1v) is 10.5. The van der Waals surface area contributed by atoms with Crippen molar-refractivity contribution in [2.24, 2.45) is 11.8 Å². The highest BCUT2D eigenvalue weighted by Gasteiger charge is 2.50. The smallest absolute Gasteiger partial charge is 0.271 e. The van der Waals surface area contributed by atoms with Crippen LogP contribution in [0.1, 0.15) is 50.6 Å². The fourth-order valence-electron chi connectivity index (χ4n) is 5.18. The molecule has 6 nitrogen and oxygen atoms in total. The molecule has 0 N–H and O–H groups in total. The number of halogens is 1. The van der Waals surface area contributed by atoms with Crippen LogP contribution in [0.15, 0.2) is 34.4 Å². The number of piperidine rings is 1. The van der Waals surface area contributed by atoms with E-state index in [2.05, 4.69) is 12.1 Å². The van der Waals surface area contributed by atoms with E-state index in [0.717, 1.165) is 43.2 Å². The highest BCUT2D eigenvalue weighted by atomic mass is 19.1. The molecule has 0 saturated carbocycles. The van der Waals surface area contributed by atoms with Crippen molar-refractivity contribution in [2.75, 3.05) is 13.1 Å². The van der Waals surface area contributed by atoms with E-state index >= 15 is 0 Å². The molecule has 29 heavy (non-hydrogen) atoms. The summed E-state index contributed by atoms with van der Waals surface area (Å²) in [5, 5.41) is 8.31. The Balaban J connectivity index is 1.33. The van der Waals surface area contributed by atoms with Crippen LogP contribution in [0.25, 0.3) is 11.0 Å². The molecule has 0 radical (unpaired) electrons. The molecule has 7 heteroatoms. The zero-order valence-electron chi connectivity index (χ0n) is 16.4. The summed E-state index contributed by atoms with van der Waals surface area (Å²) in [5.74, 6) is -0.394. The number of hydrogen-bond acceptors (Lipinski definition) is 5. The molecule has 1 aromatic heterocycles. The Labute approximate surface area is 168 Å². The molecular weight excluding hydrogens is 373 g/mol. The van der Waals surface area contributed by atoms with Gasteiger partial charge in [-0.25, -0.2) is 14.4 Å². The average Bonchev–Trinajstić information content (AvgIpc) is 3.27. The lowest BCUT2D eigenvalue weighted by Crippen LogP contribution is -2.50. The van der Waals surface area contributed by atoms with Gasteiger partial charge in [-0.3, -0.25) is 9.59 Å². The summed E-state index contributed by atoms with van der Waals surface area (Å²) >= 11 is 0. The predicted octanol–water partition coefficient (Wildman–Crippen LogP) is 3.79. The number of carbonyl (C=O) groups is 2. The van der Waals surface area contributed by atoms with Crippen molar-refractivity contribution in [3.05, 3.63) is 41.4 Å². The zero-order chi connectivity index (χ0) is 20.1. The van der Waals surface area contributed by atoms with Gasteiger partial charge in [-0.1, -0.05) is 24.6 Å². The standard InChI is InChI=1S/C22H24FN3O3/c1-2-13-4-3-5-17-19(13)22(28)26(21(17)27)25-10-8-14(9-11-25)20-16-7-6-15(23)12-18(16)29-24-20/h5-7,12-14,19H,2-4,8-11H2,1H3. The second-order valence-corrected chi connectivity index (χ2v) is 8.27. The number of allylic oxidation sites excluding steroid dienone is 1. The van der Waals surface area contributed by atoms with Gasteiger partial charge in [-0.2, -0.15) is 0 Å². The van der Waals surface area contributed by atoms with E-state index in [4.69, 9.17) is 4.52 Å². The topological polar surface area (TPSA) is 66.7 Å². The Morgan fingerprint density at radius 2 is 2.00 bits per heavy atom. The first-order valence-electron chi connectivity index (χ1n) is 10.5. The number of rotatable bonds is 3. The number of hydrazine groups is 1. The Bertz CT molecular complexity index is 1010. The predicted molar refractivity (Wildman–Crippen MR) is 104 cm³/mol. The molecule has 152 valence electrons. The van der Waals surface area contributed by atoms with E-state index in [1.807, 2.05) is 11.1 Å². The van der Waals surface area contributed by atoms with Crippen molar-refractivity contribution in [1.29, 1.82) is 0 Å². The Morgan fingerprint density at radius 3 is 2.76 bits per heavy atom. The van der Waals surface area contributed by atoms with Crippen molar-refractivity contribution in [3.63, 3.8) is 0 Å². The lowest BCUT2D eigenvalue weighted by Gasteiger charge is -2.36. The average molecular weight is 397 g/mol. The van der Waals surface area contributed by atoms with Gasteiger partial charge in [0.1, 0.15) is 5.82 Å². The number of hydrogen-bond donors (Lipinski definition) is 0. The molecule has 5 rings (SSSR count). The summed E-state index contributed by atoms with van der Waals surface area (Å²) in [4.78, 5) is 26.1. The molecule has 2 saturated heterocycles. The highest BCUT2D eigenvalue weighted by molar-refractivity contribution is 6.14. The lowest BCUT2D eigenvalue weighted by molar-refractivity contribution is -0.160. The van der Waals surface area contributed by atoms with Crippen LogP contribution in [0.3, 0.4) is 0 Å². The minimum absolute atomic E-state index is 0.0615. The highest BCUT2D eigenvalue weighted by Crippen LogP contribution is 2.41. The van der Waals surface area contributed by atoms with Gasteiger partial charge in [0.2, 0.25) is 0 Å². The van der Waals surface area contributed by atoms with Crippen LogP contribution in [0.4, 0.5) is 4.39 Å². The maximum atomic E-state index is 13.4. The molecule has 3 heterocycles. The summed E-state index contributed by atoms with van der Waals surface area (Å²) in [6, 6.07) is 4.47. The van der Waals surface area contributed by atoms with Gasteiger partial charge in [-0.05, 0) is 43.7 Å². The SMILES string of the molecule is CCC1CCC=C2C(=O)N(N3CCC(c4noc5cc(F)ccc45)CC3)C(=O)C21. The molecule has 2 fully saturated rings. The van der Waals surface area contributed by atoms with Crippen LogP contribution in [-0.2, 0) is 9.59 Å². The lowest BCUT2D eigenvalue weighted by atomic mass is 9.78. The quantitative estimate of drug-likeness (QED) is 0.737. The molecule has 1 aromatic carbocycles. The van der Waals surface area contributed by atoms with Gasteiger partial charge in [0.25, 0.3) is 11.8 Å². The van der Waals surface area contributed by atoms with Crippen LogP contribution in [0.2, 0.25) is 0 Å². The maximum Gasteiger partial charge on any atom is 0.271 e. The molecule has 2 atom stereocenters. The summed E-state index contributed by atoms with van der Waals surface area (Å²) < 4.78 is 18.7. The number of fused-ring (bicyclic) bond motifs is 2. The minimum Gasteiger partial charge on any atom is -0.356 e. The number of aromatic nitrogens is 1. The fraction of sp³-hybridized carbons (Fsp3) is 0.500. The van der Waals surface area contributed by atoms with Crippen LogP contribution < -0.4 is 0 Å². The Hall–Kier alpha value is -2.54. The van der Waals surface area contributed by atoms with E-state index in [-0.39, 0.29) is 35.4 Å². The summed E-state index contributed by atoms with van der Waals surface area (Å²) in [6.07, 6.45) is 6.24. The molecule has 0 bridgehead atoms. The van der Waals surface area contributed by atoms with Crippen molar-refractivity contribution in [1.82, 2.24) is 15.2 Å². The third-order valence-electron chi connectivity index (χ3n) is 6.75. The fourth-order valence-corrected chi connectivity index (χ4v) is 5.18. The number of nitrogens with zero attached hydrogens (tertiary/aromatic N) is 3. The third-order valence-corrected chi connectivity index (χ3v) is 6.75. The zero-order valence-corrected chi connectivity index (χ0v) is 16.4. The van der Waals surface area contributed by atoms with Crippen LogP contribution in [0.5, 0.6) is 0 Å². The molecule has 2 unspecified atom stereocenters. The summed E-state index contributed by atoms with van der Waals surface area (Å²) in [5.41, 5.74) is 1.98. The Kier molecular flexibility index (Phi) is 4.50. The summed E-state index contributed by atoms with van der Waals surface area (Å²) in [7, 11) is 0. The van der Waals surface area contributed by atoms with Gasteiger partial charge in [0, 0.05) is 36.0 Å². The van der Waals surface area contributed by atoms with Crippen LogP contribution in [0, 0.1) is 17.7 Å².